The van der Waals surface area contributed by atoms with Crippen LogP contribution < -0.4 is 5.43 Å². The SMILES string of the molecule is Cc1nc(-c2nc(Cl)cs2)ncc1C(=O)Nn1cc(CC(F)(F)F)c2ccncc21. The summed E-state index contributed by atoms with van der Waals surface area (Å²) in [7, 11) is 0. The van der Waals surface area contributed by atoms with Gasteiger partial charge in [0, 0.05) is 29.4 Å². The van der Waals surface area contributed by atoms with Crippen LogP contribution in [0.15, 0.2) is 36.2 Å². The summed E-state index contributed by atoms with van der Waals surface area (Å²) in [5.41, 5.74) is 3.50. The minimum Gasteiger partial charge on any atom is -0.267 e. The molecule has 0 spiro atoms. The molecule has 1 N–H and O–H groups in total. The topological polar surface area (TPSA) is 85.6 Å². The number of hydrogen-bond acceptors (Lipinski definition) is 6. The molecule has 0 unspecified atom stereocenters. The van der Waals surface area contributed by atoms with Gasteiger partial charge in [-0.1, -0.05) is 11.6 Å². The van der Waals surface area contributed by atoms with Crippen LogP contribution in [0.3, 0.4) is 0 Å². The molecule has 30 heavy (non-hydrogen) atoms. The molecule has 4 aromatic heterocycles. The number of nitrogens with one attached hydrogen (secondary N) is 1. The van der Waals surface area contributed by atoms with Gasteiger partial charge < -0.3 is 0 Å². The molecule has 0 aliphatic heterocycles. The highest BCUT2D eigenvalue weighted by Gasteiger charge is 2.29. The van der Waals surface area contributed by atoms with E-state index in [-0.39, 0.29) is 11.1 Å². The summed E-state index contributed by atoms with van der Waals surface area (Å²) >= 11 is 7.08. The Hall–Kier alpha value is -3.05. The summed E-state index contributed by atoms with van der Waals surface area (Å²) in [6.45, 7) is 1.62. The number of hydrogen-bond donors (Lipinski definition) is 1. The Labute approximate surface area is 176 Å². The number of thiazole rings is 1. The minimum atomic E-state index is -4.38. The number of aryl methyl sites for hydroxylation is 1. The summed E-state index contributed by atoms with van der Waals surface area (Å²) in [5, 5.41) is 2.82. The Morgan fingerprint density at radius 3 is 2.77 bits per heavy atom. The molecule has 4 rings (SSSR count). The van der Waals surface area contributed by atoms with Crippen molar-refractivity contribution in [3.8, 4) is 10.8 Å². The maximum Gasteiger partial charge on any atom is 0.393 e. The van der Waals surface area contributed by atoms with Gasteiger partial charge in [-0.3, -0.25) is 19.9 Å². The van der Waals surface area contributed by atoms with E-state index in [0.29, 0.717) is 32.6 Å². The van der Waals surface area contributed by atoms with Gasteiger partial charge in [-0.2, -0.15) is 13.2 Å². The van der Waals surface area contributed by atoms with Crippen LogP contribution >= 0.6 is 22.9 Å². The predicted octanol–water partition coefficient (Wildman–Crippen LogP) is 4.40. The number of fused-ring (bicyclic) bond motifs is 1. The third-order valence-corrected chi connectivity index (χ3v) is 5.36. The fourth-order valence-electron chi connectivity index (χ4n) is 2.91. The molecule has 4 heterocycles. The number of nitrogens with zero attached hydrogens (tertiary/aromatic N) is 5. The third kappa shape index (κ3) is 4.12. The number of amides is 1. The fourth-order valence-corrected chi connectivity index (χ4v) is 3.80. The van der Waals surface area contributed by atoms with E-state index in [1.165, 1.54) is 46.9 Å². The molecule has 0 aliphatic rings. The van der Waals surface area contributed by atoms with Crippen LogP contribution in [0.2, 0.25) is 5.15 Å². The number of carbonyl (C=O) groups excluding carboxylic acids is 1. The highest BCUT2D eigenvalue weighted by molar-refractivity contribution is 7.13. The number of carbonyl (C=O) groups is 1. The Bertz CT molecular complexity index is 1250. The summed E-state index contributed by atoms with van der Waals surface area (Å²) in [6.07, 6.45) is -0.151. The predicted molar refractivity (Wildman–Crippen MR) is 106 cm³/mol. The molecule has 0 saturated carbocycles. The van der Waals surface area contributed by atoms with Gasteiger partial charge in [0.2, 0.25) is 0 Å². The lowest BCUT2D eigenvalue weighted by Crippen LogP contribution is -2.23. The Morgan fingerprint density at radius 2 is 2.10 bits per heavy atom. The monoisotopic (exact) mass is 452 g/mol. The van der Waals surface area contributed by atoms with Gasteiger partial charge in [0.25, 0.3) is 5.91 Å². The summed E-state index contributed by atoms with van der Waals surface area (Å²) in [6, 6.07) is 1.47. The van der Waals surface area contributed by atoms with Crippen molar-refractivity contribution in [3.63, 3.8) is 0 Å². The molecular weight excluding hydrogens is 441 g/mol. The highest BCUT2D eigenvalue weighted by Crippen LogP contribution is 2.28. The zero-order chi connectivity index (χ0) is 21.5. The van der Waals surface area contributed by atoms with Crippen LogP contribution in [-0.2, 0) is 6.42 Å². The van der Waals surface area contributed by atoms with E-state index in [4.69, 9.17) is 11.6 Å². The van der Waals surface area contributed by atoms with E-state index in [0.717, 1.165) is 0 Å². The van der Waals surface area contributed by atoms with Crippen molar-refractivity contribution in [1.82, 2.24) is 24.6 Å². The Kier molecular flexibility index (Phi) is 5.16. The first-order valence-corrected chi connectivity index (χ1v) is 9.74. The number of halogens is 4. The van der Waals surface area contributed by atoms with E-state index >= 15 is 0 Å². The van der Waals surface area contributed by atoms with Gasteiger partial charge in [0.15, 0.2) is 10.8 Å². The van der Waals surface area contributed by atoms with Gasteiger partial charge in [-0.05, 0) is 18.6 Å². The minimum absolute atomic E-state index is 0.0316. The van der Waals surface area contributed by atoms with Crippen molar-refractivity contribution in [2.45, 2.75) is 19.5 Å². The first kappa shape index (κ1) is 20.2. The maximum absolute atomic E-state index is 12.9. The van der Waals surface area contributed by atoms with Crippen molar-refractivity contribution < 1.29 is 18.0 Å². The lowest BCUT2D eigenvalue weighted by atomic mass is 10.1. The lowest BCUT2D eigenvalue weighted by Gasteiger charge is -2.09. The fraction of sp³-hybridized carbons (Fsp3) is 0.167. The molecule has 4 aromatic rings. The van der Waals surface area contributed by atoms with E-state index < -0.39 is 18.5 Å². The van der Waals surface area contributed by atoms with Crippen molar-refractivity contribution in [1.29, 1.82) is 0 Å². The average molecular weight is 453 g/mol. The molecule has 0 aliphatic carbocycles. The molecule has 0 aromatic carbocycles. The van der Waals surface area contributed by atoms with Gasteiger partial charge in [0.1, 0.15) is 5.15 Å². The van der Waals surface area contributed by atoms with Crippen LogP contribution in [0.4, 0.5) is 13.2 Å². The number of aromatic nitrogens is 5. The first-order valence-electron chi connectivity index (χ1n) is 8.48. The first-order chi connectivity index (χ1) is 14.2. The van der Waals surface area contributed by atoms with Gasteiger partial charge >= 0.3 is 6.18 Å². The van der Waals surface area contributed by atoms with Crippen molar-refractivity contribution in [2.75, 3.05) is 5.43 Å². The quantitative estimate of drug-likeness (QED) is 0.496. The van der Waals surface area contributed by atoms with Crippen molar-refractivity contribution >= 4 is 39.7 Å². The number of pyridine rings is 1. The Morgan fingerprint density at radius 1 is 1.30 bits per heavy atom. The van der Waals surface area contributed by atoms with Crippen LogP contribution in [0.5, 0.6) is 0 Å². The second-order valence-corrected chi connectivity index (χ2v) is 7.56. The molecule has 0 radical (unpaired) electrons. The van der Waals surface area contributed by atoms with Crippen LogP contribution in [-0.4, -0.2) is 36.7 Å². The van der Waals surface area contributed by atoms with E-state index in [1.54, 1.807) is 12.3 Å². The second kappa shape index (κ2) is 7.65. The van der Waals surface area contributed by atoms with Crippen LogP contribution in [0.25, 0.3) is 21.7 Å². The lowest BCUT2D eigenvalue weighted by molar-refractivity contribution is -0.127. The summed E-state index contributed by atoms with van der Waals surface area (Å²) < 4.78 is 39.9. The van der Waals surface area contributed by atoms with Crippen molar-refractivity contribution in [2.24, 2.45) is 0 Å². The average Bonchev–Trinajstić information content (AvgIpc) is 3.25. The maximum atomic E-state index is 12.9. The molecular formula is C18H12ClF3N6OS. The molecule has 0 fully saturated rings. The van der Waals surface area contributed by atoms with Gasteiger partial charge in [0.05, 0.1) is 29.4 Å². The summed E-state index contributed by atoms with van der Waals surface area (Å²) in [4.78, 5) is 29.2. The van der Waals surface area contributed by atoms with E-state index in [9.17, 15) is 18.0 Å². The largest absolute Gasteiger partial charge is 0.393 e. The highest BCUT2D eigenvalue weighted by atomic mass is 35.5. The molecule has 0 bridgehead atoms. The Balaban J connectivity index is 1.63. The number of rotatable bonds is 4. The van der Waals surface area contributed by atoms with E-state index in [1.807, 2.05) is 0 Å². The van der Waals surface area contributed by atoms with E-state index in [2.05, 4.69) is 25.4 Å². The zero-order valence-corrected chi connectivity index (χ0v) is 16.8. The molecule has 0 saturated heterocycles. The summed E-state index contributed by atoms with van der Waals surface area (Å²) in [5.74, 6) is -0.250. The standard InChI is InChI=1S/C18H12ClF3N6OS/c1-9-12(5-24-15(25-9)17-26-14(19)8-30-17)16(29)27-28-7-10(4-18(20,21)22)11-2-3-23-6-13(11)28/h2-3,5-8H,4H2,1H3,(H,27,29). The number of alkyl halides is 3. The molecule has 0 atom stereocenters. The molecule has 1 amide bonds. The smallest absolute Gasteiger partial charge is 0.267 e. The molecule has 7 nitrogen and oxygen atoms in total. The molecule has 12 heteroatoms. The zero-order valence-electron chi connectivity index (χ0n) is 15.2. The van der Waals surface area contributed by atoms with Crippen LogP contribution in [0, 0.1) is 6.92 Å². The van der Waals surface area contributed by atoms with Crippen LogP contribution in [0.1, 0.15) is 21.6 Å². The van der Waals surface area contributed by atoms with Gasteiger partial charge in [-0.15, -0.1) is 11.3 Å². The second-order valence-electron chi connectivity index (χ2n) is 6.32. The normalized spacial score (nSPS) is 11.8. The van der Waals surface area contributed by atoms with Crippen molar-refractivity contribution in [3.05, 3.63) is 58.2 Å². The third-order valence-electron chi connectivity index (χ3n) is 4.19. The molecule has 154 valence electrons. The van der Waals surface area contributed by atoms with Gasteiger partial charge in [-0.25, -0.2) is 15.0 Å².